The number of pyridine rings is 1. The van der Waals surface area contributed by atoms with Gasteiger partial charge in [-0.2, -0.15) is 0 Å². The normalized spacial score (nSPS) is 18.1. The molecule has 3 amide bonds. The second kappa shape index (κ2) is 11.6. The van der Waals surface area contributed by atoms with Gasteiger partial charge in [-0.1, -0.05) is 31.2 Å². The van der Waals surface area contributed by atoms with Gasteiger partial charge in [-0.15, -0.1) is 0 Å². The average Bonchev–Trinajstić information content (AvgIpc) is 2.91. The molecule has 10 heteroatoms. The number of hydrogen-bond acceptors (Lipinski definition) is 5. The van der Waals surface area contributed by atoms with Gasteiger partial charge in [0.05, 0.1) is 24.9 Å². The van der Waals surface area contributed by atoms with Crippen LogP contribution in [0.15, 0.2) is 60.8 Å². The zero-order valence-corrected chi connectivity index (χ0v) is 21.4. The number of nitrogens with zero attached hydrogens (tertiary/aromatic N) is 3. The fourth-order valence-corrected chi connectivity index (χ4v) is 4.27. The number of likely N-dealkylation sites (N-methyl/N-ethyl adjacent to an activating group) is 1. The van der Waals surface area contributed by atoms with E-state index in [1.807, 2.05) is 6.92 Å². The lowest BCUT2D eigenvalue weighted by Gasteiger charge is -2.37. The molecule has 2 N–H and O–H groups in total. The zero-order chi connectivity index (χ0) is 27.4. The maximum Gasteiger partial charge on any atom is 0.321 e. The van der Waals surface area contributed by atoms with E-state index in [1.54, 1.807) is 43.1 Å². The number of halogens is 2. The van der Waals surface area contributed by atoms with Crippen molar-refractivity contribution in [2.45, 2.75) is 26.0 Å². The van der Waals surface area contributed by atoms with Crippen molar-refractivity contribution >= 4 is 17.6 Å². The van der Waals surface area contributed by atoms with Crippen molar-refractivity contribution in [3.8, 4) is 17.0 Å². The van der Waals surface area contributed by atoms with Gasteiger partial charge in [0.25, 0.3) is 5.91 Å². The number of amides is 3. The van der Waals surface area contributed by atoms with Crippen molar-refractivity contribution in [1.82, 2.24) is 14.8 Å². The molecule has 1 aliphatic heterocycles. The van der Waals surface area contributed by atoms with Gasteiger partial charge in [-0.25, -0.2) is 18.6 Å². The first-order chi connectivity index (χ1) is 18.2. The van der Waals surface area contributed by atoms with Gasteiger partial charge in [0.1, 0.15) is 23.3 Å². The van der Waals surface area contributed by atoms with Crippen molar-refractivity contribution in [2.75, 3.05) is 32.1 Å². The Kier molecular flexibility index (Phi) is 8.21. The largest absolute Gasteiger partial charge is 0.472 e. The number of nitrogens with one attached hydrogen (secondary N) is 1. The molecular formula is C28H30F2N4O4. The standard InChI is InChI=1S/C28H30F2N4O4/c1-17-14-34(18(2)16-35)27(36)22-12-20(19-7-6-8-21(29)11-19)13-31-26(22)38-25(17)15-33(3)28(37)32-24-10-5-4-9-23(24)30/h4-13,17-18,25,35H,14-16H2,1-3H3,(H,32,37)/t17-,18-,25-/m0/s1. The molecule has 38 heavy (non-hydrogen) atoms. The first-order valence-electron chi connectivity index (χ1n) is 12.3. The minimum Gasteiger partial charge on any atom is -0.472 e. The van der Waals surface area contributed by atoms with Crippen molar-refractivity contribution in [3.05, 3.63) is 78.0 Å². The molecular weight excluding hydrogens is 494 g/mol. The molecule has 0 bridgehead atoms. The minimum atomic E-state index is -0.584. The number of aromatic nitrogens is 1. The van der Waals surface area contributed by atoms with E-state index in [2.05, 4.69) is 10.3 Å². The molecule has 4 rings (SSSR count). The van der Waals surface area contributed by atoms with Crippen molar-refractivity contribution in [3.63, 3.8) is 0 Å². The molecule has 0 saturated heterocycles. The number of carbonyl (C=O) groups excluding carboxylic acids is 2. The summed E-state index contributed by atoms with van der Waals surface area (Å²) in [6.45, 7) is 3.73. The van der Waals surface area contributed by atoms with Crippen LogP contribution in [0, 0.1) is 17.6 Å². The van der Waals surface area contributed by atoms with Crippen LogP contribution in [0.5, 0.6) is 5.88 Å². The Bertz CT molecular complexity index is 1320. The summed E-state index contributed by atoms with van der Waals surface area (Å²) in [5, 5.41) is 12.4. The van der Waals surface area contributed by atoms with E-state index in [9.17, 15) is 23.5 Å². The summed E-state index contributed by atoms with van der Waals surface area (Å²) in [6.07, 6.45) is 0.915. The predicted molar refractivity (Wildman–Crippen MR) is 139 cm³/mol. The Morgan fingerprint density at radius 1 is 1.21 bits per heavy atom. The molecule has 0 radical (unpaired) electrons. The zero-order valence-electron chi connectivity index (χ0n) is 21.4. The summed E-state index contributed by atoms with van der Waals surface area (Å²) in [6, 6.07) is 12.4. The Morgan fingerprint density at radius 2 is 1.97 bits per heavy atom. The second-order valence-corrected chi connectivity index (χ2v) is 9.50. The highest BCUT2D eigenvalue weighted by atomic mass is 19.1. The maximum absolute atomic E-state index is 14.0. The van der Waals surface area contributed by atoms with Crippen molar-refractivity contribution in [2.24, 2.45) is 5.92 Å². The number of fused-ring (bicyclic) bond motifs is 1. The van der Waals surface area contributed by atoms with Crippen LogP contribution in [0.4, 0.5) is 19.3 Å². The fraction of sp³-hybridized carbons (Fsp3) is 0.321. The summed E-state index contributed by atoms with van der Waals surface area (Å²) < 4.78 is 34.1. The lowest BCUT2D eigenvalue weighted by molar-refractivity contribution is 0.0356. The number of aliphatic hydroxyl groups is 1. The van der Waals surface area contributed by atoms with E-state index < -0.39 is 29.8 Å². The molecule has 2 aromatic carbocycles. The molecule has 200 valence electrons. The SMILES string of the molecule is C[C@H]1CN([C@@H](C)CO)C(=O)c2cc(-c3cccc(F)c3)cnc2O[C@H]1CN(C)C(=O)Nc1ccccc1F. The molecule has 1 aliphatic rings. The molecule has 0 spiro atoms. The van der Waals surface area contributed by atoms with Crippen LogP contribution < -0.4 is 10.1 Å². The quantitative estimate of drug-likeness (QED) is 0.498. The molecule has 2 heterocycles. The highest BCUT2D eigenvalue weighted by Gasteiger charge is 2.35. The van der Waals surface area contributed by atoms with E-state index in [1.165, 1.54) is 41.4 Å². The maximum atomic E-state index is 14.0. The minimum absolute atomic E-state index is 0.0569. The molecule has 8 nitrogen and oxygen atoms in total. The Morgan fingerprint density at radius 3 is 2.68 bits per heavy atom. The van der Waals surface area contributed by atoms with E-state index >= 15 is 0 Å². The number of rotatable bonds is 6. The number of benzene rings is 2. The lowest BCUT2D eigenvalue weighted by atomic mass is 9.99. The number of anilines is 1. The molecule has 0 saturated carbocycles. The van der Waals surface area contributed by atoms with E-state index in [0.29, 0.717) is 11.1 Å². The Labute approximate surface area is 219 Å². The van der Waals surface area contributed by atoms with Crippen LogP contribution in [-0.2, 0) is 0 Å². The van der Waals surface area contributed by atoms with Crippen LogP contribution in [0.3, 0.4) is 0 Å². The highest BCUT2D eigenvalue weighted by Crippen LogP contribution is 2.30. The monoisotopic (exact) mass is 524 g/mol. The van der Waals surface area contributed by atoms with Crippen LogP contribution >= 0.6 is 0 Å². The van der Waals surface area contributed by atoms with Crippen molar-refractivity contribution < 1.29 is 28.2 Å². The van der Waals surface area contributed by atoms with Gasteiger partial charge in [0.2, 0.25) is 5.88 Å². The second-order valence-electron chi connectivity index (χ2n) is 9.50. The molecule has 0 unspecified atom stereocenters. The van der Waals surface area contributed by atoms with Gasteiger partial charge in [-0.05, 0) is 42.8 Å². The third-order valence-corrected chi connectivity index (χ3v) is 6.59. The van der Waals surface area contributed by atoms with Crippen LogP contribution in [-0.4, -0.2) is 70.7 Å². The predicted octanol–water partition coefficient (Wildman–Crippen LogP) is 4.41. The molecule has 3 aromatic rings. The molecule has 3 atom stereocenters. The molecule has 0 fully saturated rings. The highest BCUT2D eigenvalue weighted by molar-refractivity contribution is 5.98. The van der Waals surface area contributed by atoms with Crippen LogP contribution in [0.2, 0.25) is 0 Å². The summed E-state index contributed by atoms with van der Waals surface area (Å²) in [5.74, 6) is -1.52. The summed E-state index contributed by atoms with van der Waals surface area (Å²) in [5.41, 5.74) is 1.30. The number of ether oxygens (including phenoxy) is 1. The van der Waals surface area contributed by atoms with Gasteiger partial charge >= 0.3 is 6.03 Å². The third kappa shape index (κ3) is 5.91. The summed E-state index contributed by atoms with van der Waals surface area (Å²) >= 11 is 0. The van der Waals surface area contributed by atoms with Crippen LogP contribution in [0.25, 0.3) is 11.1 Å². The number of para-hydroxylation sites is 1. The molecule has 1 aromatic heterocycles. The fourth-order valence-electron chi connectivity index (χ4n) is 4.27. The van der Waals surface area contributed by atoms with Crippen LogP contribution in [0.1, 0.15) is 24.2 Å². The van der Waals surface area contributed by atoms with E-state index in [0.717, 1.165) is 0 Å². The Balaban J connectivity index is 1.64. The first kappa shape index (κ1) is 27.0. The van der Waals surface area contributed by atoms with Gasteiger partial charge in [0.15, 0.2) is 0 Å². The first-order valence-corrected chi connectivity index (χ1v) is 12.3. The van der Waals surface area contributed by atoms with E-state index in [4.69, 9.17) is 4.74 Å². The summed E-state index contributed by atoms with van der Waals surface area (Å²) in [7, 11) is 1.56. The van der Waals surface area contributed by atoms with Gasteiger partial charge < -0.3 is 25.0 Å². The average molecular weight is 525 g/mol. The topological polar surface area (TPSA) is 95.0 Å². The number of aliphatic hydroxyl groups excluding tert-OH is 1. The Hall–Kier alpha value is -4.05. The van der Waals surface area contributed by atoms with Crippen molar-refractivity contribution in [1.29, 1.82) is 0 Å². The number of carbonyl (C=O) groups is 2. The van der Waals surface area contributed by atoms with Gasteiger partial charge in [0, 0.05) is 31.3 Å². The number of hydrogen-bond donors (Lipinski definition) is 2. The van der Waals surface area contributed by atoms with E-state index in [-0.39, 0.29) is 48.7 Å². The molecule has 0 aliphatic carbocycles. The smallest absolute Gasteiger partial charge is 0.321 e. The third-order valence-electron chi connectivity index (χ3n) is 6.59. The van der Waals surface area contributed by atoms with Gasteiger partial charge in [-0.3, -0.25) is 4.79 Å². The number of urea groups is 1. The summed E-state index contributed by atoms with van der Waals surface area (Å²) in [4.78, 5) is 33.7. The lowest BCUT2D eigenvalue weighted by Crippen LogP contribution is -2.50.